The second kappa shape index (κ2) is 7.60. The molecule has 7 heteroatoms. The van der Waals surface area contributed by atoms with Crippen LogP contribution in [-0.4, -0.2) is 51.0 Å². The number of aryl methyl sites for hydroxylation is 1. The van der Waals surface area contributed by atoms with Gasteiger partial charge in [0.05, 0.1) is 19.3 Å². The first kappa shape index (κ1) is 19.0. The minimum Gasteiger partial charge on any atom is -0.507 e. The first-order valence-electron chi connectivity index (χ1n) is 9.58. The molecule has 29 heavy (non-hydrogen) atoms. The average molecular weight is 393 g/mol. The number of amides is 1. The lowest BCUT2D eigenvalue weighted by molar-refractivity contribution is 0.0706. The third-order valence-electron chi connectivity index (χ3n) is 5.10. The number of aromatic amines is 1. The van der Waals surface area contributed by atoms with Gasteiger partial charge in [0.15, 0.2) is 0 Å². The summed E-state index contributed by atoms with van der Waals surface area (Å²) in [6, 6.07) is 12.4. The summed E-state index contributed by atoms with van der Waals surface area (Å²) in [7, 11) is 0. The maximum absolute atomic E-state index is 13.0. The Morgan fingerprint density at radius 3 is 2.83 bits per heavy atom. The fourth-order valence-corrected chi connectivity index (χ4v) is 3.87. The minimum absolute atomic E-state index is 0.0970. The number of nitrogens with one attached hydrogen (secondary N) is 1. The summed E-state index contributed by atoms with van der Waals surface area (Å²) in [5.74, 6) is 0.574. The Balaban J connectivity index is 1.90. The van der Waals surface area contributed by atoms with Gasteiger partial charge in [-0.3, -0.25) is 9.89 Å². The fourth-order valence-electron chi connectivity index (χ4n) is 3.87. The molecule has 4 rings (SSSR count). The van der Waals surface area contributed by atoms with Gasteiger partial charge >= 0.3 is 0 Å². The molecular weight excluding hydrogens is 370 g/mol. The molecule has 1 amide bonds. The zero-order valence-electron chi connectivity index (χ0n) is 16.3. The second-order valence-corrected chi connectivity index (χ2v) is 7.01. The lowest BCUT2D eigenvalue weighted by Gasteiger charge is -2.26. The molecule has 1 atom stereocenters. The van der Waals surface area contributed by atoms with E-state index in [9.17, 15) is 15.0 Å². The van der Waals surface area contributed by atoms with Crippen LogP contribution in [0.25, 0.3) is 11.3 Å². The van der Waals surface area contributed by atoms with Gasteiger partial charge in [0, 0.05) is 17.7 Å². The maximum Gasteiger partial charge on any atom is 0.273 e. The van der Waals surface area contributed by atoms with Gasteiger partial charge < -0.3 is 19.8 Å². The highest BCUT2D eigenvalue weighted by Gasteiger charge is 2.42. The quantitative estimate of drug-likeness (QED) is 0.598. The highest BCUT2D eigenvalue weighted by Crippen LogP contribution is 2.44. The molecule has 150 valence electrons. The predicted molar refractivity (Wildman–Crippen MR) is 108 cm³/mol. The number of H-pyrrole nitrogens is 1. The van der Waals surface area contributed by atoms with Crippen molar-refractivity contribution in [1.82, 2.24) is 15.1 Å². The van der Waals surface area contributed by atoms with Crippen LogP contribution in [0.3, 0.4) is 0 Å². The van der Waals surface area contributed by atoms with E-state index in [1.807, 2.05) is 50.2 Å². The van der Waals surface area contributed by atoms with Crippen LogP contribution in [0.1, 0.15) is 40.1 Å². The number of rotatable bonds is 6. The Kier molecular flexibility index (Phi) is 4.98. The minimum atomic E-state index is -0.446. The monoisotopic (exact) mass is 393 g/mol. The number of nitrogens with zero attached hydrogens (tertiary/aromatic N) is 2. The molecule has 0 saturated heterocycles. The van der Waals surface area contributed by atoms with Crippen molar-refractivity contribution < 1.29 is 19.7 Å². The summed E-state index contributed by atoms with van der Waals surface area (Å²) in [6.45, 7) is 4.41. The van der Waals surface area contributed by atoms with E-state index in [1.54, 1.807) is 11.0 Å². The molecule has 1 aliphatic heterocycles. The van der Waals surface area contributed by atoms with Crippen molar-refractivity contribution in [2.75, 3.05) is 19.8 Å². The predicted octanol–water partition coefficient (Wildman–Crippen LogP) is 3.03. The number of phenols is 1. The summed E-state index contributed by atoms with van der Waals surface area (Å²) in [5.41, 5.74) is 3.99. The van der Waals surface area contributed by atoms with Crippen LogP contribution in [0.5, 0.6) is 11.5 Å². The van der Waals surface area contributed by atoms with E-state index in [-0.39, 0.29) is 24.8 Å². The van der Waals surface area contributed by atoms with E-state index >= 15 is 0 Å². The van der Waals surface area contributed by atoms with Gasteiger partial charge in [-0.1, -0.05) is 23.8 Å². The summed E-state index contributed by atoms with van der Waals surface area (Å²) >= 11 is 0. The number of aliphatic hydroxyl groups excluding tert-OH is 1. The molecule has 7 nitrogen and oxygen atoms in total. The van der Waals surface area contributed by atoms with E-state index in [4.69, 9.17) is 4.74 Å². The van der Waals surface area contributed by atoms with Crippen LogP contribution in [0.2, 0.25) is 0 Å². The van der Waals surface area contributed by atoms with Gasteiger partial charge in [0.2, 0.25) is 0 Å². The molecule has 0 radical (unpaired) electrons. The molecule has 0 aliphatic carbocycles. The number of carbonyl (C=O) groups excluding carboxylic acids is 1. The molecule has 0 fully saturated rings. The van der Waals surface area contributed by atoms with Gasteiger partial charge in [-0.25, -0.2) is 0 Å². The maximum atomic E-state index is 13.0. The summed E-state index contributed by atoms with van der Waals surface area (Å²) < 4.78 is 5.63. The lowest BCUT2D eigenvalue weighted by atomic mass is 9.95. The first-order chi connectivity index (χ1) is 14.0. The molecule has 1 aliphatic rings. The number of carbonyl (C=O) groups is 1. The van der Waals surface area contributed by atoms with Crippen molar-refractivity contribution in [2.24, 2.45) is 0 Å². The van der Waals surface area contributed by atoms with E-state index in [2.05, 4.69) is 10.2 Å². The molecule has 2 aromatic carbocycles. The number of hydrogen-bond acceptors (Lipinski definition) is 5. The zero-order chi connectivity index (χ0) is 20.5. The fraction of sp³-hybridized carbons (Fsp3) is 0.273. The molecule has 0 bridgehead atoms. The van der Waals surface area contributed by atoms with Crippen molar-refractivity contribution >= 4 is 5.91 Å². The molecule has 1 unspecified atom stereocenters. The first-order valence-corrected chi connectivity index (χ1v) is 9.58. The number of benzene rings is 2. The normalized spacial score (nSPS) is 15.6. The van der Waals surface area contributed by atoms with Gasteiger partial charge in [0.25, 0.3) is 5.91 Å². The van der Waals surface area contributed by atoms with E-state index < -0.39 is 6.04 Å². The number of fused-ring (bicyclic) bond motifs is 1. The van der Waals surface area contributed by atoms with E-state index in [1.165, 1.54) is 0 Å². The molecule has 3 aromatic rings. The van der Waals surface area contributed by atoms with Gasteiger partial charge in [0.1, 0.15) is 22.9 Å². The average Bonchev–Trinajstić information content (AvgIpc) is 3.24. The molecule has 0 saturated carbocycles. The largest absolute Gasteiger partial charge is 0.507 e. The second-order valence-electron chi connectivity index (χ2n) is 7.01. The Hall–Kier alpha value is -3.32. The Morgan fingerprint density at radius 1 is 1.24 bits per heavy atom. The number of β-amino-alcohol motifs (C(OH)–C–C–N with tert-alkyl or cyclic N) is 1. The highest BCUT2D eigenvalue weighted by molar-refractivity contribution is 6.00. The lowest BCUT2D eigenvalue weighted by Crippen LogP contribution is -2.32. The molecule has 1 aromatic heterocycles. The third-order valence-corrected chi connectivity index (χ3v) is 5.10. The summed E-state index contributed by atoms with van der Waals surface area (Å²) in [5, 5.41) is 27.2. The van der Waals surface area contributed by atoms with Crippen LogP contribution in [0.4, 0.5) is 0 Å². The number of aromatic nitrogens is 2. The Morgan fingerprint density at radius 2 is 2.07 bits per heavy atom. The van der Waals surface area contributed by atoms with Crippen molar-refractivity contribution in [3.05, 3.63) is 64.8 Å². The smallest absolute Gasteiger partial charge is 0.273 e. The summed E-state index contributed by atoms with van der Waals surface area (Å²) in [4.78, 5) is 14.6. The van der Waals surface area contributed by atoms with Crippen LogP contribution >= 0.6 is 0 Å². The summed E-state index contributed by atoms with van der Waals surface area (Å²) in [6.07, 6.45) is 0. The van der Waals surface area contributed by atoms with Gasteiger partial charge in [-0.05, 0) is 43.7 Å². The van der Waals surface area contributed by atoms with Gasteiger partial charge in [-0.2, -0.15) is 5.10 Å². The standard InChI is InChI=1S/C22H23N3O4/c1-3-29-15-6-4-5-14(12-15)21-18-19(16-11-13(2)7-8-17(16)27)23-24-20(18)22(28)25(21)9-10-26/h4-8,11-12,21,26-27H,3,9-10H2,1-2H3,(H,23,24). The molecular formula is C22H23N3O4. The Bertz CT molecular complexity index is 1060. The van der Waals surface area contributed by atoms with Crippen molar-refractivity contribution in [3.63, 3.8) is 0 Å². The van der Waals surface area contributed by atoms with Crippen molar-refractivity contribution in [3.8, 4) is 22.8 Å². The highest BCUT2D eigenvalue weighted by atomic mass is 16.5. The molecule has 3 N–H and O–H groups in total. The van der Waals surface area contributed by atoms with Crippen LogP contribution in [-0.2, 0) is 0 Å². The SMILES string of the molecule is CCOc1cccc(C2c3c(-c4cc(C)ccc4O)n[nH]c3C(=O)N2CCO)c1. The van der Waals surface area contributed by atoms with Crippen LogP contribution in [0, 0.1) is 6.92 Å². The van der Waals surface area contributed by atoms with Gasteiger partial charge in [-0.15, -0.1) is 0 Å². The van der Waals surface area contributed by atoms with E-state index in [0.717, 1.165) is 11.1 Å². The van der Waals surface area contributed by atoms with Crippen LogP contribution < -0.4 is 4.74 Å². The topological polar surface area (TPSA) is 98.7 Å². The number of ether oxygens (including phenoxy) is 1. The van der Waals surface area contributed by atoms with E-state index in [0.29, 0.717) is 34.9 Å². The van der Waals surface area contributed by atoms with Crippen LogP contribution in [0.15, 0.2) is 42.5 Å². The van der Waals surface area contributed by atoms with Crippen molar-refractivity contribution in [2.45, 2.75) is 19.9 Å². The number of aliphatic hydroxyl groups is 1. The van der Waals surface area contributed by atoms with Crippen molar-refractivity contribution in [1.29, 1.82) is 0 Å². The Labute approximate surface area is 168 Å². The number of hydrogen-bond donors (Lipinski definition) is 3. The molecule has 2 heterocycles. The zero-order valence-corrected chi connectivity index (χ0v) is 16.3. The number of aromatic hydroxyl groups is 1. The number of phenolic OH excluding ortho intramolecular Hbond substituents is 1. The molecule has 0 spiro atoms. The third kappa shape index (κ3) is 3.23.